The lowest BCUT2D eigenvalue weighted by Gasteiger charge is -1.99. The van der Waals surface area contributed by atoms with Gasteiger partial charge in [0.2, 0.25) is 5.82 Å². The van der Waals surface area contributed by atoms with Gasteiger partial charge in [-0.1, -0.05) is 11.2 Å². The fraction of sp³-hybridized carbons (Fsp3) is 0.0909. The first-order valence-corrected chi connectivity index (χ1v) is 5.60. The van der Waals surface area contributed by atoms with Crippen molar-refractivity contribution >= 4 is 5.69 Å². The van der Waals surface area contributed by atoms with Gasteiger partial charge in [-0.2, -0.15) is 10.1 Å². The molecule has 3 aromatic rings. The van der Waals surface area contributed by atoms with Gasteiger partial charge in [0, 0.05) is 6.07 Å². The van der Waals surface area contributed by atoms with E-state index < -0.39 is 4.92 Å². The molecule has 0 atom stereocenters. The number of nitrogens with zero attached hydrogens (tertiary/aromatic N) is 5. The van der Waals surface area contributed by atoms with Crippen LogP contribution in [0.5, 0.6) is 0 Å². The Balaban J connectivity index is 2.10. The third-order valence-corrected chi connectivity index (χ3v) is 2.63. The standard InChI is InChI=1S/C11H8N6O3/c1-6-2-3-8(17(18)19)7(4-6)11-14-10(16-20-11)9-12-5-13-15-9/h2-5H,1H3,(H,12,13,15). The van der Waals surface area contributed by atoms with E-state index in [2.05, 4.69) is 25.3 Å². The lowest BCUT2D eigenvalue weighted by Crippen LogP contribution is -1.93. The van der Waals surface area contributed by atoms with Crippen molar-refractivity contribution in [1.29, 1.82) is 0 Å². The Morgan fingerprint density at radius 3 is 2.95 bits per heavy atom. The molecule has 9 heteroatoms. The third kappa shape index (κ3) is 2.00. The predicted octanol–water partition coefficient (Wildman–Crippen LogP) is 1.74. The van der Waals surface area contributed by atoms with E-state index in [1.54, 1.807) is 12.1 Å². The van der Waals surface area contributed by atoms with Gasteiger partial charge >= 0.3 is 0 Å². The van der Waals surface area contributed by atoms with Crippen LogP contribution in [0.4, 0.5) is 5.69 Å². The summed E-state index contributed by atoms with van der Waals surface area (Å²) in [6.45, 7) is 1.82. The summed E-state index contributed by atoms with van der Waals surface area (Å²) in [6.07, 6.45) is 1.31. The summed E-state index contributed by atoms with van der Waals surface area (Å²) in [5.74, 6) is 0.579. The molecule has 1 N–H and O–H groups in total. The van der Waals surface area contributed by atoms with E-state index in [0.717, 1.165) is 5.56 Å². The van der Waals surface area contributed by atoms with Crippen molar-refractivity contribution in [2.75, 3.05) is 0 Å². The summed E-state index contributed by atoms with van der Waals surface area (Å²) < 4.78 is 5.07. The molecule has 3 rings (SSSR count). The van der Waals surface area contributed by atoms with Gasteiger partial charge in [0.05, 0.1) is 4.92 Å². The number of hydrogen-bond donors (Lipinski definition) is 1. The van der Waals surface area contributed by atoms with Crippen LogP contribution >= 0.6 is 0 Å². The highest BCUT2D eigenvalue weighted by molar-refractivity contribution is 5.68. The summed E-state index contributed by atoms with van der Waals surface area (Å²) >= 11 is 0. The minimum Gasteiger partial charge on any atom is -0.333 e. The molecule has 100 valence electrons. The van der Waals surface area contributed by atoms with E-state index >= 15 is 0 Å². The fourth-order valence-electron chi connectivity index (χ4n) is 1.72. The van der Waals surface area contributed by atoms with E-state index in [-0.39, 0.29) is 23.0 Å². The van der Waals surface area contributed by atoms with Gasteiger partial charge in [-0.25, -0.2) is 4.98 Å². The number of H-pyrrole nitrogens is 1. The molecule has 0 aliphatic rings. The Hall–Kier alpha value is -3.10. The van der Waals surface area contributed by atoms with Crippen LogP contribution < -0.4 is 0 Å². The number of rotatable bonds is 3. The second-order valence-electron chi connectivity index (χ2n) is 4.03. The Labute approximate surface area is 111 Å². The van der Waals surface area contributed by atoms with Crippen LogP contribution in [0.3, 0.4) is 0 Å². The highest BCUT2D eigenvalue weighted by Crippen LogP contribution is 2.30. The quantitative estimate of drug-likeness (QED) is 0.568. The van der Waals surface area contributed by atoms with Gasteiger partial charge < -0.3 is 4.52 Å². The van der Waals surface area contributed by atoms with Crippen LogP contribution in [0.15, 0.2) is 29.0 Å². The van der Waals surface area contributed by atoms with Crippen molar-refractivity contribution in [3.8, 4) is 23.1 Å². The van der Waals surface area contributed by atoms with Crippen molar-refractivity contribution in [2.45, 2.75) is 6.92 Å². The second-order valence-corrected chi connectivity index (χ2v) is 4.03. The average molecular weight is 272 g/mol. The number of aromatic amines is 1. The summed E-state index contributed by atoms with van der Waals surface area (Å²) in [5.41, 5.74) is 1.03. The first-order chi connectivity index (χ1) is 9.65. The van der Waals surface area contributed by atoms with Gasteiger partial charge in [0.25, 0.3) is 11.6 Å². The molecule has 0 bridgehead atoms. The molecule has 0 fully saturated rings. The smallest absolute Gasteiger partial charge is 0.282 e. The van der Waals surface area contributed by atoms with Crippen LogP contribution in [0.25, 0.3) is 23.1 Å². The molecule has 0 saturated heterocycles. The number of aromatic nitrogens is 5. The highest BCUT2D eigenvalue weighted by atomic mass is 16.6. The summed E-state index contributed by atoms with van der Waals surface area (Å²) in [4.78, 5) is 18.5. The molecule has 0 aliphatic carbocycles. The van der Waals surface area contributed by atoms with Gasteiger partial charge in [-0.05, 0) is 18.6 Å². The molecule has 0 unspecified atom stereocenters. The zero-order chi connectivity index (χ0) is 14.1. The summed E-state index contributed by atoms with van der Waals surface area (Å²) in [7, 11) is 0. The van der Waals surface area contributed by atoms with Crippen LogP contribution in [-0.4, -0.2) is 30.2 Å². The first-order valence-electron chi connectivity index (χ1n) is 5.60. The van der Waals surface area contributed by atoms with Gasteiger partial charge in [0.1, 0.15) is 11.9 Å². The SMILES string of the molecule is Cc1ccc([N+](=O)[O-])c(-c2nc(-c3ncn[nH]3)no2)c1. The lowest BCUT2D eigenvalue weighted by atomic mass is 10.1. The molecule has 1 aromatic carbocycles. The molecule has 9 nitrogen and oxygen atoms in total. The molecular formula is C11H8N6O3. The molecular weight excluding hydrogens is 264 g/mol. The van der Waals surface area contributed by atoms with Crippen molar-refractivity contribution in [3.05, 3.63) is 40.2 Å². The average Bonchev–Trinajstić information content (AvgIpc) is 3.09. The largest absolute Gasteiger partial charge is 0.333 e. The van der Waals surface area contributed by atoms with Crippen LogP contribution in [0.2, 0.25) is 0 Å². The number of nitrogens with one attached hydrogen (secondary N) is 1. The molecule has 0 spiro atoms. The number of nitro groups is 1. The van der Waals surface area contributed by atoms with Crippen molar-refractivity contribution in [2.24, 2.45) is 0 Å². The van der Waals surface area contributed by atoms with E-state index in [4.69, 9.17) is 4.52 Å². The first kappa shape index (κ1) is 12.0. The Kier molecular flexibility index (Phi) is 2.71. The maximum atomic E-state index is 11.0. The Morgan fingerprint density at radius 2 is 2.25 bits per heavy atom. The molecule has 0 radical (unpaired) electrons. The van der Waals surface area contributed by atoms with E-state index in [1.807, 2.05) is 6.92 Å². The zero-order valence-electron chi connectivity index (χ0n) is 10.3. The third-order valence-electron chi connectivity index (χ3n) is 2.63. The van der Waals surface area contributed by atoms with Gasteiger partial charge in [-0.3, -0.25) is 15.2 Å². The van der Waals surface area contributed by atoms with Crippen LogP contribution in [0, 0.1) is 17.0 Å². The Bertz CT molecular complexity index is 764. The summed E-state index contributed by atoms with van der Waals surface area (Å²) in [5, 5.41) is 21.0. The van der Waals surface area contributed by atoms with E-state index in [9.17, 15) is 10.1 Å². The molecule has 0 amide bonds. The molecule has 20 heavy (non-hydrogen) atoms. The number of aryl methyl sites for hydroxylation is 1. The minimum atomic E-state index is -0.493. The van der Waals surface area contributed by atoms with Crippen molar-refractivity contribution in [1.82, 2.24) is 25.3 Å². The van der Waals surface area contributed by atoms with Gasteiger partial charge in [-0.15, -0.1) is 0 Å². The number of nitro benzene ring substituents is 1. The zero-order valence-corrected chi connectivity index (χ0v) is 10.3. The monoisotopic (exact) mass is 272 g/mol. The molecule has 2 aromatic heterocycles. The fourth-order valence-corrected chi connectivity index (χ4v) is 1.72. The lowest BCUT2D eigenvalue weighted by molar-refractivity contribution is -0.384. The molecule has 2 heterocycles. The predicted molar refractivity (Wildman–Crippen MR) is 66.5 cm³/mol. The van der Waals surface area contributed by atoms with Crippen LogP contribution in [0.1, 0.15) is 5.56 Å². The minimum absolute atomic E-state index is 0.0619. The highest BCUT2D eigenvalue weighted by Gasteiger charge is 2.21. The summed E-state index contributed by atoms with van der Waals surface area (Å²) in [6, 6.07) is 4.67. The molecule has 0 saturated carbocycles. The Morgan fingerprint density at radius 1 is 1.40 bits per heavy atom. The molecule has 0 aliphatic heterocycles. The van der Waals surface area contributed by atoms with E-state index in [1.165, 1.54) is 12.4 Å². The van der Waals surface area contributed by atoms with Crippen molar-refractivity contribution in [3.63, 3.8) is 0 Å². The van der Waals surface area contributed by atoms with Crippen molar-refractivity contribution < 1.29 is 9.45 Å². The van der Waals surface area contributed by atoms with Gasteiger partial charge in [0.15, 0.2) is 5.82 Å². The number of hydrogen-bond acceptors (Lipinski definition) is 7. The second kappa shape index (κ2) is 4.53. The van der Waals surface area contributed by atoms with Crippen LogP contribution in [-0.2, 0) is 0 Å². The maximum Gasteiger partial charge on any atom is 0.282 e. The normalized spacial score (nSPS) is 10.7. The number of benzene rings is 1. The van der Waals surface area contributed by atoms with E-state index in [0.29, 0.717) is 5.82 Å². The topological polar surface area (TPSA) is 124 Å². The maximum absolute atomic E-state index is 11.0.